The van der Waals surface area contributed by atoms with E-state index < -0.39 is 0 Å². The van der Waals surface area contributed by atoms with E-state index in [4.69, 9.17) is 0 Å². The number of hydrogen-bond acceptors (Lipinski definition) is 3. The molecule has 2 aromatic rings. The summed E-state index contributed by atoms with van der Waals surface area (Å²) in [5.41, 5.74) is 0. The third-order valence-corrected chi connectivity index (χ3v) is 3.92. The Labute approximate surface area is 113 Å². The molecular weight excluding hydrogens is 359 g/mol. The number of nitrogens with one attached hydrogen (secondary N) is 1. The Morgan fingerprint density at radius 3 is 2.81 bits per heavy atom. The second kappa shape index (κ2) is 5.25. The summed E-state index contributed by atoms with van der Waals surface area (Å²) in [6, 6.07) is 5.34. The summed E-state index contributed by atoms with van der Waals surface area (Å²) in [4.78, 5) is 5.08. The molecule has 0 bridgehead atoms. The molecule has 0 saturated carbocycles. The van der Waals surface area contributed by atoms with E-state index in [0.29, 0.717) is 11.0 Å². The van der Waals surface area contributed by atoms with E-state index in [1.807, 2.05) is 12.1 Å². The monoisotopic (exact) mass is 364 g/mol. The van der Waals surface area contributed by atoms with Crippen LogP contribution < -0.4 is 5.32 Å². The molecule has 0 amide bonds. The number of hydrogen-bond donors (Lipinski definition) is 1. The highest BCUT2D eigenvalue weighted by molar-refractivity contribution is 9.11. The number of thiophene rings is 1. The maximum absolute atomic E-state index is 13.4. The minimum absolute atomic E-state index is 0.271. The Balaban J connectivity index is 2.04. The Morgan fingerprint density at radius 1 is 1.38 bits per heavy atom. The summed E-state index contributed by atoms with van der Waals surface area (Å²) in [6.45, 7) is 0.571. The van der Waals surface area contributed by atoms with Gasteiger partial charge in [0.15, 0.2) is 11.6 Å². The summed E-state index contributed by atoms with van der Waals surface area (Å²) in [5.74, 6) is -0.0854. The highest BCUT2D eigenvalue weighted by Gasteiger charge is 2.04. The van der Waals surface area contributed by atoms with E-state index in [2.05, 4.69) is 42.2 Å². The maximum atomic E-state index is 13.4. The Morgan fingerprint density at radius 2 is 2.19 bits per heavy atom. The predicted molar refractivity (Wildman–Crippen MR) is 71.2 cm³/mol. The van der Waals surface area contributed by atoms with Crippen LogP contribution in [-0.4, -0.2) is 4.98 Å². The first-order valence-corrected chi connectivity index (χ1v) is 6.84. The van der Waals surface area contributed by atoms with Gasteiger partial charge < -0.3 is 5.32 Å². The van der Waals surface area contributed by atoms with Crippen molar-refractivity contribution < 1.29 is 4.39 Å². The van der Waals surface area contributed by atoms with Crippen LogP contribution in [0.3, 0.4) is 0 Å². The Kier molecular flexibility index (Phi) is 3.94. The van der Waals surface area contributed by atoms with Crippen LogP contribution in [0.15, 0.2) is 32.7 Å². The van der Waals surface area contributed by atoms with Crippen molar-refractivity contribution in [3.8, 4) is 0 Å². The fourth-order valence-electron chi connectivity index (χ4n) is 1.16. The zero-order valence-corrected chi connectivity index (χ0v) is 12.0. The SMILES string of the molecule is Fc1cc(Br)cnc1NCc1ccc(Br)s1. The summed E-state index contributed by atoms with van der Waals surface area (Å²) in [7, 11) is 0. The number of halogens is 3. The van der Waals surface area contributed by atoms with Gasteiger partial charge in [0.25, 0.3) is 0 Å². The summed E-state index contributed by atoms with van der Waals surface area (Å²) < 4.78 is 15.1. The van der Waals surface area contributed by atoms with Gasteiger partial charge in [0, 0.05) is 15.5 Å². The zero-order chi connectivity index (χ0) is 11.5. The van der Waals surface area contributed by atoms with Crippen LogP contribution in [-0.2, 0) is 6.54 Å². The molecule has 84 valence electrons. The molecule has 0 saturated heterocycles. The molecule has 2 aromatic heterocycles. The van der Waals surface area contributed by atoms with Crippen LogP contribution in [0.1, 0.15) is 4.88 Å². The fourth-order valence-corrected chi connectivity index (χ4v) is 2.89. The van der Waals surface area contributed by atoms with Crippen LogP contribution in [0, 0.1) is 5.82 Å². The Hall–Kier alpha value is -0.460. The lowest BCUT2D eigenvalue weighted by molar-refractivity contribution is 0.623. The van der Waals surface area contributed by atoms with E-state index in [-0.39, 0.29) is 11.6 Å². The van der Waals surface area contributed by atoms with Gasteiger partial charge in [-0.05, 0) is 50.1 Å². The molecular formula is C10H7Br2FN2S. The van der Waals surface area contributed by atoms with Crippen molar-refractivity contribution in [2.24, 2.45) is 0 Å². The number of nitrogens with zero attached hydrogens (tertiary/aromatic N) is 1. The van der Waals surface area contributed by atoms with Gasteiger partial charge in [0.1, 0.15) is 0 Å². The van der Waals surface area contributed by atoms with E-state index in [1.54, 1.807) is 17.5 Å². The molecule has 0 unspecified atom stereocenters. The highest BCUT2D eigenvalue weighted by Crippen LogP contribution is 2.23. The molecule has 6 heteroatoms. The first kappa shape index (κ1) is 12.0. The minimum Gasteiger partial charge on any atom is -0.363 e. The topological polar surface area (TPSA) is 24.9 Å². The van der Waals surface area contributed by atoms with Gasteiger partial charge in [-0.1, -0.05) is 0 Å². The molecule has 0 atom stereocenters. The number of anilines is 1. The second-order valence-electron chi connectivity index (χ2n) is 3.04. The molecule has 2 rings (SSSR count). The van der Waals surface area contributed by atoms with Gasteiger partial charge in [-0.3, -0.25) is 0 Å². The van der Waals surface area contributed by atoms with Crippen LogP contribution in [0.5, 0.6) is 0 Å². The van der Waals surface area contributed by atoms with Crippen molar-refractivity contribution >= 4 is 49.0 Å². The van der Waals surface area contributed by atoms with Gasteiger partial charge in [-0.15, -0.1) is 11.3 Å². The van der Waals surface area contributed by atoms with Crippen molar-refractivity contribution in [1.29, 1.82) is 0 Å². The summed E-state index contributed by atoms with van der Waals surface area (Å²) in [5, 5.41) is 2.95. The molecule has 0 radical (unpaired) electrons. The fraction of sp³-hybridized carbons (Fsp3) is 0.100. The summed E-state index contributed by atoms with van der Waals surface area (Å²) >= 11 is 8.15. The number of pyridine rings is 1. The van der Waals surface area contributed by atoms with Gasteiger partial charge in [-0.2, -0.15) is 0 Å². The molecule has 0 aliphatic rings. The van der Waals surface area contributed by atoms with Crippen LogP contribution in [0.2, 0.25) is 0 Å². The van der Waals surface area contributed by atoms with Crippen molar-refractivity contribution in [3.63, 3.8) is 0 Å². The van der Waals surface area contributed by atoms with Crippen molar-refractivity contribution in [3.05, 3.63) is 43.3 Å². The van der Waals surface area contributed by atoms with Crippen molar-refractivity contribution in [1.82, 2.24) is 4.98 Å². The lowest BCUT2D eigenvalue weighted by Crippen LogP contribution is -2.02. The lowest BCUT2D eigenvalue weighted by atomic mass is 10.4. The standard InChI is InChI=1S/C10H7Br2FN2S/c11-6-3-8(13)10(14-4-6)15-5-7-1-2-9(12)16-7/h1-4H,5H2,(H,14,15). The first-order chi connectivity index (χ1) is 7.65. The molecule has 2 heterocycles. The van der Waals surface area contributed by atoms with Crippen molar-refractivity contribution in [2.75, 3.05) is 5.32 Å². The van der Waals surface area contributed by atoms with Crippen LogP contribution in [0.4, 0.5) is 10.2 Å². The van der Waals surface area contributed by atoms with Crippen LogP contribution in [0.25, 0.3) is 0 Å². The summed E-state index contributed by atoms with van der Waals surface area (Å²) in [6.07, 6.45) is 1.57. The third-order valence-electron chi connectivity index (χ3n) is 1.87. The molecule has 0 aromatic carbocycles. The van der Waals surface area contributed by atoms with E-state index in [1.165, 1.54) is 6.07 Å². The van der Waals surface area contributed by atoms with Crippen molar-refractivity contribution in [2.45, 2.75) is 6.54 Å². The highest BCUT2D eigenvalue weighted by atomic mass is 79.9. The molecule has 0 aliphatic heterocycles. The smallest absolute Gasteiger partial charge is 0.166 e. The van der Waals surface area contributed by atoms with Gasteiger partial charge in [0.2, 0.25) is 0 Å². The van der Waals surface area contributed by atoms with Gasteiger partial charge in [-0.25, -0.2) is 9.37 Å². The van der Waals surface area contributed by atoms with E-state index in [0.717, 1.165) is 8.66 Å². The average molecular weight is 366 g/mol. The second-order valence-corrected chi connectivity index (χ2v) is 6.51. The molecule has 16 heavy (non-hydrogen) atoms. The normalized spacial score (nSPS) is 10.4. The maximum Gasteiger partial charge on any atom is 0.166 e. The number of rotatable bonds is 3. The third kappa shape index (κ3) is 3.02. The quantitative estimate of drug-likeness (QED) is 0.870. The first-order valence-electron chi connectivity index (χ1n) is 4.44. The van der Waals surface area contributed by atoms with E-state index >= 15 is 0 Å². The predicted octanol–water partition coefficient (Wildman–Crippen LogP) is 4.42. The average Bonchev–Trinajstić information content (AvgIpc) is 2.63. The largest absolute Gasteiger partial charge is 0.363 e. The van der Waals surface area contributed by atoms with Gasteiger partial charge >= 0.3 is 0 Å². The van der Waals surface area contributed by atoms with Crippen LogP contribution >= 0.6 is 43.2 Å². The minimum atomic E-state index is -0.356. The molecule has 0 aliphatic carbocycles. The lowest BCUT2D eigenvalue weighted by Gasteiger charge is -2.04. The van der Waals surface area contributed by atoms with E-state index in [9.17, 15) is 4.39 Å². The van der Waals surface area contributed by atoms with Gasteiger partial charge in [0.05, 0.1) is 10.3 Å². The molecule has 0 spiro atoms. The number of aromatic nitrogens is 1. The molecule has 1 N–H and O–H groups in total. The molecule has 0 fully saturated rings. The zero-order valence-electron chi connectivity index (χ0n) is 8.01. The molecule has 2 nitrogen and oxygen atoms in total. The Bertz CT molecular complexity index is 501.